The molecule has 4 N–H and O–H groups in total. The number of primary sulfonamides is 1. The van der Waals surface area contributed by atoms with Gasteiger partial charge in [0, 0.05) is 24.1 Å². The summed E-state index contributed by atoms with van der Waals surface area (Å²) in [5.74, 6) is -0.346. The second-order valence-corrected chi connectivity index (χ2v) is 6.27. The van der Waals surface area contributed by atoms with E-state index in [1.165, 1.54) is 18.2 Å². The molecule has 0 radical (unpaired) electrons. The summed E-state index contributed by atoms with van der Waals surface area (Å²) in [4.78, 5) is 1.70. The van der Waals surface area contributed by atoms with Gasteiger partial charge in [-0.25, -0.2) is 17.9 Å². The third kappa shape index (κ3) is 3.14. The third-order valence-electron chi connectivity index (χ3n) is 3.24. The highest BCUT2D eigenvalue weighted by atomic mass is 32.2. The van der Waals surface area contributed by atoms with E-state index < -0.39 is 10.0 Å². The van der Waals surface area contributed by atoms with Crippen LogP contribution in [0.25, 0.3) is 0 Å². The summed E-state index contributed by atoms with van der Waals surface area (Å²) in [6, 6.07) is 8.81. The lowest BCUT2D eigenvalue weighted by Crippen LogP contribution is -2.17. The summed E-state index contributed by atoms with van der Waals surface area (Å²) in [5, 5.41) is 5.20. The summed E-state index contributed by atoms with van der Waals surface area (Å²) in [6.07, 6.45) is 0. The summed E-state index contributed by atoms with van der Waals surface area (Å²) >= 11 is 0. The van der Waals surface area contributed by atoms with Crippen molar-refractivity contribution in [1.82, 2.24) is 0 Å². The number of benzene rings is 2. The molecular weight excluding hydrogens is 293 g/mol. The molecule has 112 valence electrons. The molecular formula is C14H16FN3O2S. The number of hydrogen-bond acceptors (Lipinski definition) is 4. The van der Waals surface area contributed by atoms with Crippen LogP contribution in [-0.4, -0.2) is 15.5 Å². The van der Waals surface area contributed by atoms with Crippen molar-refractivity contribution in [2.24, 2.45) is 5.14 Å². The number of halogens is 1. The maximum atomic E-state index is 13.0. The van der Waals surface area contributed by atoms with Crippen molar-refractivity contribution in [3.8, 4) is 0 Å². The molecule has 0 spiro atoms. The van der Waals surface area contributed by atoms with E-state index in [0.29, 0.717) is 16.9 Å². The van der Waals surface area contributed by atoms with Crippen LogP contribution >= 0.6 is 0 Å². The molecule has 5 nitrogen and oxygen atoms in total. The summed E-state index contributed by atoms with van der Waals surface area (Å²) in [5.41, 5.74) is 7.82. The zero-order chi connectivity index (χ0) is 15.8. The molecule has 0 aliphatic carbocycles. The topological polar surface area (TPSA) is 89.4 Å². The Morgan fingerprint density at radius 1 is 1.14 bits per heavy atom. The number of hydrogen-bond donors (Lipinski definition) is 2. The van der Waals surface area contributed by atoms with Gasteiger partial charge in [-0.2, -0.15) is 0 Å². The van der Waals surface area contributed by atoms with E-state index in [1.807, 2.05) is 0 Å². The molecule has 2 rings (SSSR count). The van der Waals surface area contributed by atoms with Gasteiger partial charge in [-0.15, -0.1) is 0 Å². The SMILES string of the molecule is Cc1c(N(C)c2ccc(F)cc2)cc(N)cc1S(N)(=O)=O. The number of nitrogens with zero attached hydrogens (tertiary/aromatic N) is 1. The Labute approximate surface area is 123 Å². The number of sulfonamides is 1. The normalized spacial score (nSPS) is 11.4. The quantitative estimate of drug-likeness (QED) is 0.850. The minimum absolute atomic E-state index is 0.0218. The molecule has 0 unspecified atom stereocenters. The molecule has 0 saturated heterocycles. The molecule has 0 bridgehead atoms. The number of nitrogens with two attached hydrogens (primary N) is 2. The van der Waals surface area contributed by atoms with Crippen LogP contribution in [0.2, 0.25) is 0 Å². The van der Waals surface area contributed by atoms with Gasteiger partial charge in [-0.05, 0) is 48.9 Å². The first-order chi connectivity index (χ1) is 9.70. The van der Waals surface area contributed by atoms with Crippen LogP contribution < -0.4 is 15.8 Å². The minimum Gasteiger partial charge on any atom is -0.399 e. The average Bonchev–Trinajstić information content (AvgIpc) is 2.40. The van der Waals surface area contributed by atoms with Gasteiger partial charge in [0.25, 0.3) is 0 Å². The first-order valence-electron chi connectivity index (χ1n) is 6.12. The number of rotatable bonds is 3. The van der Waals surface area contributed by atoms with Gasteiger partial charge in [0.15, 0.2) is 0 Å². The Bertz CT molecular complexity index is 774. The van der Waals surface area contributed by atoms with Gasteiger partial charge in [0.2, 0.25) is 10.0 Å². The summed E-state index contributed by atoms with van der Waals surface area (Å²) in [7, 11) is -2.13. The van der Waals surface area contributed by atoms with Crippen molar-refractivity contribution < 1.29 is 12.8 Å². The van der Waals surface area contributed by atoms with Crippen LogP contribution in [-0.2, 0) is 10.0 Å². The van der Waals surface area contributed by atoms with Gasteiger partial charge in [0.1, 0.15) is 5.82 Å². The van der Waals surface area contributed by atoms with Crippen molar-refractivity contribution in [3.63, 3.8) is 0 Å². The maximum absolute atomic E-state index is 13.0. The highest BCUT2D eigenvalue weighted by molar-refractivity contribution is 7.89. The van der Waals surface area contributed by atoms with E-state index in [9.17, 15) is 12.8 Å². The monoisotopic (exact) mass is 309 g/mol. The number of anilines is 3. The molecule has 2 aromatic carbocycles. The van der Waals surface area contributed by atoms with Crippen molar-refractivity contribution in [3.05, 3.63) is 47.8 Å². The highest BCUT2D eigenvalue weighted by Gasteiger charge is 2.18. The van der Waals surface area contributed by atoms with Gasteiger partial charge < -0.3 is 10.6 Å². The Kier molecular flexibility index (Phi) is 3.89. The van der Waals surface area contributed by atoms with Gasteiger partial charge in [0.05, 0.1) is 4.90 Å². The van der Waals surface area contributed by atoms with E-state index >= 15 is 0 Å². The van der Waals surface area contributed by atoms with Crippen molar-refractivity contribution >= 4 is 27.1 Å². The standard InChI is InChI=1S/C14H16FN3O2S/c1-9-13(7-11(16)8-14(9)21(17,19)20)18(2)12-5-3-10(15)4-6-12/h3-8H,16H2,1-2H3,(H2,17,19,20). The molecule has 0 aliphatic heterocycles. The lowest BCUT2D eigenvalue weighted by Gasteiger charge is -2.23. The molecule has 7 heteroatoms. The van der Waals surface area contributed by atoms with Crippen molar-refractivity contribution in [1.29, 1.82) is 0 Å². The zero-order valence-electron chi connectivity index (χ0n) is 11.7. The van der Waals surface area contributed by atoms with Gasteiger partial charge in [-0.1, -0.05) is 0 Å². The van der Waals surface area contributed by atoms with Crippen LogP contribution in [0.4, 0.5) is 21.5 Å². The van der Waals surface area contributed by atoms with E-state index in [0.717, 1.165) is 0 Å². The summed E-state index contributed by atoms with van der Waals surface area (Å²) < 4.78 is 36.2. The Morgan fingerprint density at radius 2 is 1.71 bits per heavy atom. The van der Waals surface area contributed by atoms with Crippen LogP contribution in [0.5, 0.6) is 0 Å². The molecule has 0 saturated carbocycles. The fourth-order valence-corrected chi connectivity index (χ4v) is 2.97. The van der Waals surface area contributed by atoms with Crippen LogP contribution in [0.15, 0.2) is 41.3 Å². The predicted octanol–water partition coefficient (Wildman–Crippen LogP) is 2.13. The Balaban J connectivity index is 2.58. The fourth-order valence-electron chi connectivity index (χ4n) is 2.14. The molecule has 2 aromatic rings. The molecule has 0 amide bonds. The highest BCUT2D eigenvalue weighted by Crippen LogP contribution is 2.32. The van der Waals surface area contributed by atoms with E-state index in [2.05, 4.69) is 0 Å². The van der Waals surface area contributed by atoms with E-state index in [4.69, 9.17) is 10.9 Å². The second kappa shape index (κ2) is 5.34. The molecule has 0 heterocycles. The average molecular weight is 309 g/mol. The molecule has 0 aromatic heterocycles. The second-order valence-electron chi connectivity index (χ2n) is 4.74. The molecule has 0 aliphatic rings. The largest absolute Gasteiger partial charge is 0.399 e. The smallest absolute Gasteiger partial charge is 0.238 e. The fraction of sp³-hybridized carbons (Fsp3) is 0.143. The molecule has 0 atom stereocenters. The lowest BCUT2D eigenvalue weighted by atomic mass is 10.1. The third-order valence-corrected chi connectivity index (χ3v) is 4.27. The predicted molar refractivity (Wildman–Crippen MR) is 81.4 cm³/mol. The van der Waals surface area contributed by atoms with E-state index in [1.54, 1.807) is 37.1 Å². The Hall–Kier alpha value is -2.12. The van der Waals surface area contributed by atoms with Crippen molar-refractivity contribution in [2.75, 3.05) is 17.7 Å². The first kappa shape index (κ1) is 15.3. The van der Waals surface area contributed by atoms with Crippen LogP contribution in [0, 0.1) is 12.7 Å². The molecule has 21 heavy (non-hydrogen) atoms. The minimum atomic E-state index is -3.87. The first-order valence-corrected chi connectivity index (χ1v) is 7.67. The van der Waals surface area contributed by atoms with E-state index in [-0.39, 0.29) is 16.4 Å². The lowest BCUT2D eigenvalue weighted by molar-refractivity contribution is 0.597. The maximum Gasteiger partial charge on any atom is 0.238 e. The van der Waals surface area contributed by atoms with Gasteiger partial charge in [-0.3, -0.25) is 0 Å². The van der Waals surface area contributed by atoms with Crippen LogP contribution in [0.1, 0.15) is 5.56 Å². The van der Waals surface area contributed by atoms with Crippen molar-refractivity contribution in [2.45, 2.75) is 11.8 Å². The molecule has 0 fully saturated rings. The summed E-state index contributed by atoms with van der Waals surface area (Å²) in [6.45, 7) is 1.65. The Morgan fingerprint density at radius 3 is 2.24 bits per heavy atom. The zero-order valence-corrected chi connectivity index (χ0v) is 12.5. The van der Waals surface area contributed by atoms with Gasteiger partial charge >= 0.3 is 0 Å². The van der Waals surface area contributed by atoms with Crippen LogP contribution in [0.3, 0.4) is 0 Å². The number of nitrogen functional groups attached to an aromatic ring is 1.